The van der Waals surface area contributed by atoms with Crippen LogP contribution in [0, 0.1) is 0 Å². The molecule has 2 heterocycles. The van der Waals surface area contributed by atoms with Gasteiger partial charge in [0.15, 0.2) is 0 Å². The first-order chi connectivity index (χ1) is 21.3. The van der Waals surface area contributed by atoms with Crippen molar-refractivity contribution in [1.82, 2.24) is 10.2 Å². The van der Waals surface area contributed by atoms with E-state index in [0.717, 1.165) is 24.5 Å². The van der Waals surface area contributed by atoms with Crippen molar-refractivity contribution in [3.05, 3.63) is 70.7 Å². The number of benzene rings is 2. The average molecular weight is 621 g/mol. The fraction of sp³-hybridized carbons (Fsp3) is 0.486. The molecule has 238 valence electrons. The summed E-state index contributed by atoms with van der Waals surface area (Å²) in [6.45, 7) is 15.0. The summed E-state index contributed by atoms with van der Waals surface area (Å²) in [5, 5.41) is 9.95. The van der Waals surface area contributed by atoms with Gasteiger partial charge in [0.1, 0.15) is 11.6 Å². The molecule has 9 heteroatoms. The summed E-state index contributed by atoms with van der Waals surface area (Å²) in [6, 6.07) is 14.4. The molecule has 2 aromatic rings. The second kappa shape index (κ2) is 16.5. The molecule has 0 unspecified atom stereocenters. The highest BCUT2D eigenvalue weighted by Crippen LogP contribution is 2.34. The maximum atomic E-state index is 12.5. The Balaban J connectivity index is 1.43. The number of hydrogen-bond acceptors (Lipinski definition) is 7. The SMILES string of the molecule is CC=C(/N=C\C(Cl)=C(/C)Nc1ccccc1C(=O)NCC)Nc1ccc(N2CCC(N3CCCCC3)CC2)cc1OC(C)C. The lowest BCUT2D eigenvalue weighted by Crippen LogP contribution is -2.46. The number of para-hydroxylation sites is 1. The van der Waals surface area contributed by atoms with Crippen molar-refractivity contribution < 1.29 is 9.53 Å². The monoisotopic (exact) mass is 620 g/mol. The van der Waals surface area contributed by atoms with Gasteiger partial charge < -0.3 is 30.5 Å². The van der Waals surface area contributed by atoms with Crippen molar-refractivity contribution in [2.45, 2.75) is 78.9 Å². The molecule has 0 aliphatic carbocycles. The molecule has 2 fully saturated rings. The predicted molar refractivity (Wildman–Crippen MR) is 185 cm³/mol. The number of carbonyl (C=O) groups is 1. The molecule has 2 aliphatic rings. The van der Waals surface area contributed by atoms with Gasteiger partial charge in [0.05, 0.1) is 28.1 Å². The van der Waals surface area contributed by atoms with E-state index in [1.54, 1.807) is 12.3 Å². The van der Waals surface area contributed by atoms with Crippen LogP contribution in [-0.4, -0.2) is 61.9 Å². The van der Waals surface area contributed by atoms with E-state index in [1.165, 1.54) is 50.9 Å². The molecule has 0 aromatic heterocycles. The lowest BCUT2D eigenvalue weighted by molar-refractivity contribution is 0.0956. The lowest BCUT2D eigenvalue weighted by Gasteiger charge is -2.41. The van der Waals surface area contributed by atoms with Gasteiger partial charge >= 0.3 is 0 Å². The van der Waals surface area contributed by atoms with Crippen LogP contribution in [0.25, 0.3) is 0 Å². The summed E-state index contributed by atoms with van der Waals surface area (Å²) in [5.74, 6) is 1.30. The molecule has 8 nitrogen and oxygen atoms in total. The number of hydrogen-bond donors (Lipinski definition) is 3. The normalized spacial score (nSPS) is 17.5. The van der Waals surface area contributed by atoms with Crippen LogP contribution in [0.15, 0.2) is 70.1 Å². The van der Waals surface area contributed by atoms with Crippen molar-refractivity contribution in [3.8, 4) is 5.75 Å². The molecule has 3 N–H and O–H groups in total. The highest BCUT2D eigenvalue weighted by Gasteiger charge is 2.26. The van der Waals surface area contributed by atoms with E-state index in [1.807, 2.05) is 58.9 Å². The Morgan fingerprint density at radius 2 is 1.77 bits per heavy atom. The largest absolute Gasteiger partial charge is 0.489 e. The standard InChI is InChI=1S/C35H49ClN6O2/c1-6-34(38-24-30(36)26(5)39-31-14-10-9-13-29(31)35(43)37-7-2)40-32-16-15-28(23-33(32)44-25(3)4)42-21-17-27(18-22-42)41-19-11-8-12-20-41/h6,9-10,13-16,23-25,27,39-40H,7-8,11-12,17-22H2,1-5H3,(H,37,43)/b30-26-,34-6?,38-24-. The zero-order chi connectivity index (χ0) is 31.5. The highest BCUT2D eigenvalue weighted by atomic mass is 35.5. The van der Waals surface area contributed by atoms with E-state index >= 15 is 0 Å². The lowest BCUT2D eigenvalue weighted by atomic mass is 9.99. The van der Waals surface area contributed by atoms with E-state index < -0.39 is 0 Å². The highest BCUT2D eigenvalue weighted by molar-refractivity contribution is 6.39. The number of piperidine rings is 2. The van der Waals surface area contributed by atoms with Gasteiger partial charge in [-0.1, -0.05) is 30.2 Å². The van der Waals surface area contributed by atoms with Crippen LogP contribution in [0.5, 0.6) is 5.75 Å². The molecule has 1 amide bonds. The van der Waals surface area contributed by atoms with Crippen molar-refractivity contribution in [2.75, 3.05) is 48.3 Å². The predicted octanol–water partition coefficient (Wildman–Crippen LogP) is 7.60. The number of ether oxygens (including phenoxy) is 1. The molecule has 0 radical (unpaired) electrons. The summed E-state index contributed by atoms with van der Waals surface area (Å²) in [6.07, 6.45) is 10.0. The molecule has 0 bridgehead atoms. The number of aliphatic imine (C=N–C) groups is 1. The first kappa shape index (κ1) is 33.4. The Bertz CT molecular complexity index is 1340. The fourth-order valence-corrected chi connectivity index (χ4v) is 5.88. The van der Waals surface area contributed by atoms with Crippen molar-refractivity contribution in [2.24, 2.45) is 4.99 Å². The van der Waals surface area contributed by atoms with Crippen LogP contribution in [0.2, 0.25) is 0 Å². The molecule has 2 aliphatic heterocycles. The third-order valence-electron chi connectivity index (χ3n) is 8.11. The molecular weight excluding hydrogens is 572 g/mol. The quantitative estimate of drug-likeness (QED) is 0.212. The summed E-state index contributed by atoms with van der Waals surface area (Å²) in [5.41, 5.74) is 3.95. The van der Waals surface area contributed by atoms with Crippen LogP contribution >= 0.6 is 11.6 Å². The topological polar surface area (TPSA) is 81.2 Å². The van der Waals surface area contributed by atoms with E-state index in [0.29, 0.717) is 40.4 Å². The van der Waals surface area contributed by atoms with Gasteiger partial charge in [-0.15, -0.1) is 0 Å². The van der Waals surface area contributed by atoms with Gasteiger partial charge in [-0.05, 0) is 104 Å². The number of allylic oxidation sites excluding steroid dienone is 3. The fourth-order valence-electron chi connectivity index (χ4n) is 5.78. The number of halogens is 1. The van der Waals surface area contributed by atoms with Crippen LogP contribution in [0.3, 0.4) is 0 Å². The number of rotatable bonds is 12. The zero-order valence-electron chi connectivity index (χ0n) is 27.0. The molecule has 0 spiro atoms. The van der Waals surface area contributed by atoms with Crippen molar-refractivity contribution in [1.29, 1.82) is 0 Å². The number of likely N-dealkylation sites (tertiary alicyclic amines) is 1. The Labute approximate surface area is 268 Å². The van der Waals surface area contributed by atoms with E-state index in [4.69, 9.17) is 16.3 Å². The number of nitrogens with one attached hydrogen (secondary N) is 3. The second-order valence-electron chi connectivity index (χ2n) is 11.7. The van der Waals surface area contributed by atoms with E-state index in [2.05, 4.69) is 48.9 Å². The molecule has 0 atom stereocenters. The van der Waals surface area contributed by atoms with Gasteiger partial charge in [-0.25, -0.2) is 4.99 Å². The van der Waals surface area contributed by atoms with Crippen LogP contribution in [0.1, 0.15) is 77.1 Å². The van der Waals surface area contributed by atoms with Gasteiger partial charge in [0.2, 0.25) is 0 Å². The Hall–Kier alpha value is -3.49. The Morgan fingerprint density at radius 3 is 2.45 bits per heavy atom. The minimum atomic E-state index is -0.138. The molecular formula is C35H49ClN6O2. The average Bonchev–Trinajstić information content (AvgIpc) is 3.04. The maximum Gasteiger partial charge on any atom is 0.253 e. The second-order valence-corrected chi connectivity index (χ2v) is 12.1. The third-order valence-corrected chi connectivity index (χ3v) is 8.49. The minimum absolute atomic E-state index is 0.0292. The molecule has 0 saturated carbocycles. The Kier molecular flexibility index (Phi) is 12.6. The smallest absolute Gasteiger partial charge is 0.253 e. The molecule has 2 aromatic carbocycles. The summed E-state index contributed by atoms with van der Waals surface area (Å²) in [7, 11) is 0. The van der Waals surface area contributed by atoms with Gasteiger partial charge in [-0.2, -0.15) is 0 Å². The zero-order valence-corrected chi connectivity index (χ0v) is 27.7. The first-order valence-electron chi connectivity index (χ1n) is 16.1. The molecule has 2 saturated heterocycles. The van der Waals surface area contributed by atoms with E-state index in [9.17, 15) is 4.79 Å². The van der Waals surface area contributed by atoms with Gasteiger partial charge in [0, 0.05) is 49.3 Å². The minimum Gasteiger partial charge on any atom is -0.489 e. The number of nitrogens with zero attached hydrogens (tertiary/aromatic N) is 3. The first-order valence-corrected chi connectivity index (χ1v) is 16.4. The van der Waals surface area contributed by atoms with E-state index in [-0.39, 0.29) is 12.0 Å². The van der Waals surface area contributed by atoms with Crippen LogP contribution in [0.4, 0.5) is 17.1 Å². The van der Waals surface area contributed by atoms with Crippen LogP contribution in [-0.2, 0) is 0 Å². The number of amides is 1. The van der Waals surface area contributed by atoms with Crippen LogP contribution < -0.4 is 25.6 Å². The van der Waals surface area contributed by atoms with Crippen molar-refractivity contribution in [3.63, 3.8) is 0 Å². The number of carbonyl (C=O) groups excluding carboxylic acids is 1. The number of anilines is 3. The molecule has 44 heavy (non-hydrogen) atoms. The molecule has 4 rings (SSSR count). The summed E-state index contributed by atoms with van der Waals surface area (Å²) < 4.78 is 6.26. The summed E-state index contributed by atoms with van der Waals surface area (Å²) >= 11 is 6.62. The Morgan fingerprint density at radius 1 is 1.05 bits per heavy atom. The third kappa shape index (κ3) is 9.26. The van der Waals surface area contributed by atoms with Crippen molar-refractivity contribution >= 4 is 40.8 Å². The summed E-state index contributed by atoms with van der Waals surface area (Å²) in [4.78, 5) is 22.3. The van der Waals surface area contributed by atoms with Gasteiger partial charge in [0.25, 0.3) is 5.91 Å². The maximum absolute atomic E-state index is 12.5. The van der Waals surface area contributed by atoms with Gasteiger partial charge in [-0.3, -0.25) is 4.79 Å².